The third-order valence-corrected chi connectivity index (χ3v) is 6.99. The average Bonchev–Trinajstić information content (AvgIpc) is 2.97. The molecule has 1 aromatic rings. The highest BCUT2D eigenvalue weighted by atomic mass is 32.2. The second-order valence-electron chi connectivity index (χ2n) is 7.68. The summed E-state index contributed by atoms with van der Waals surface area (Å²) in [6.45, 7) is 4.95. The zero-order valence-electron chi connectivity index (χ0n) is 15.3. The number of aryl methyl sites for hydroxylation is 1. The molecule has 9 nitrogen and oxygen atoms in total. The van der Waals surface area contributed by atoms with Crippen LogP contribution in [0.4, 0.5) is 0 Å². The summed E-state index contributed by atoms with van der Waals surface area (Å²) in [5, 5.41) is 2.76. The molecule has 2 atom stereocenters. The molecule has 0 saturated carbocycles. The lowest BCUT2D eigenvalue weighted by molar-refractivity contribution is -0.130. The molecule has 0 aliphatic carbocycles. The Hall–Kier alpha value is -1.62. The van der Waals surface area contributed by atoms with E-state index in [4.69, 9.17) is 9.47 Å². The van der Waals surface area contributed by atoms with Crippen molar-refractivity contribution in [3.05, 3.63) is 23.8 Å². The molecule has 10 heteroatoms. The van der Waals surface area contributed by atoms with Gasteiger partial charge in [0.1, 0.15) is 11.7 Å². The van der Waals surface area contributed by atoms with E-state index < -0.39 is 21.5 Å². The highest BCUT2D eigenvalue weighted by Crippen LogP contribution is 2.32. The molecule has 0 bridgehead atoms. The first-order valence-electron chi connectivity index (χ1n) is 9.09. The number of ether oxygens (including phenoxy) is 2. The van der Waals surface area contributed by atoms with E-state index >= 15 is 0 Å². The first-order valence-corrected chi connectivity index (χ1v) is 10.9. The number of hydrogen-bond donors (Lipinski definition) is 1. The second kappa shape index (κ2) is 7.08. The Kier molecular flexibility index (Phi) is 4.91. The first kappa shape index (κ1) is 18.7. The first-order chi connectivity index (χ1) is 12.8. The SMILES string of the molecule is Cc1cncc(CN2CCO[C@]3(CO[C@H](C(=O)NC4CS(=O)(=O)C4)C3)C2)n1. The molecule has 1 amide bonds. The van der Waals surface area contributed by atoms with Crippen LogP contribution in [0.25, 0.3) is 0 Å². The summed E-state index contributed by atoms with van der Waals surface area (Å²) in [6, 6.07) is -0.300. The Morgan fingerprint density at radius 3 is 2.96 bits per heavy atom. The highest BCUT2D eigenvalue weighted by molar-refractivity contribution is 7.92. The lowest BCUT2D eigenvalue weighted by Crippen LogP contribution is -2.55. The molecule has 3 aliphatic heterocycles. The molecule has 0 radical (unpaired) electrons. The van der Waals surface area contributed by atoms with E-state index in [1.165, 1.54) is 0 Å². The second-order valence-corrected chi connectivity index (χ2v) is 9.83. The number of nitrogens with zero attached hydrogens (tertiary/aromatic N) is 3. The predicted molar refractivity (Wildman–Crippen MR) is 95.7 cm³/mol. The minimum absolute atomic E-state index is 0.0123. The topological polar surface area (TPSA) is 111 Å². The van der Waals surface area contributed by atoms with Gasteiger partial charge in [0.05, 0.1) is 42.1 Å². The summed E-state index contributed by atoms with van der Waals surface area (Å²) >= 11 is 0. The molecular weight excluding hydrogens is 372 g/mol. The molecule has 1 aromatic heterocycles. The number of morpholine rings is 1. The Balaban J connectivity index is 1.33. The molecular formula is C17H24N4O5S. The molecule has 0 unspecified atom stereocenters. The number of hydrogen-bond acceptors (Lipinski definition) is 8. The van der Waals surface area contributed by atoms with Crippen LogP contribution in [0.3, 0.4) is 0 Å². The lowest BCUT2D eigenvalue weighted by atomic mass is 9.97. The van der Waals surface area contributed by atoms with Gasteiger partial charge in [0.15, 0.2) is 9.84 Å². The van der Waals surface area contributed by atoms with Crippen molar-refractivity contribution in [1.29, 1.82) is 0 Å². The van der Waals surface area contributed by atoms with Gasteiger partial charge in [-0.2, -0.15) is 0 Å². The molecule has 3 fully saturated rings. The lowest BCUT2D eigenvalue weighted by Gasteiger charge is -2.39. The number of rotatable bonds is 4. The zero-order valence-corrected chi connectivity index (χ0v) is 16.1. The Morgan fingerprint density at radius 2 is 2.22 bits per heavy atom. The van der Waals surface area contributed by atoms with E-state index in [0.29, 0.717) is 32.7 Å². The fourth-order valence-electron chi connectivity index (χ4n) is 3.91. The maximum absolute atomic E-state index is 12.4. The van der Waals surface area contributed by atoms with Crippen LogP contribution in [-0.2, 0) is 30.7 Å². The predicted octanol–water partition coefficient (Wildman–Crippen LogP) is -0.942. The van der Waals surface area contributed by atoms with Crippen molar-refractivity contribution in [2.75, 3.05) is 37.8 Å². The summed E-state index contributed by atoms with van der Waals surface area (Å²) in [7, 11) is -2.96. The van der Waals surface area contributed by atoms with Crippen molar-refractivity contribution < 1.29 is 22.7 Å². The third-order valence-electron chi connectivity index (χ3n) is 5.17. The molecule has 3 saturated heterocycles. The molecule has 148 valence electrons. The van der Waals surface area contributed by atoms with Crippen LogP contribution in [-0.4, -0.2) is 84.7 Å². The molecule has 4 heterocycles. The summed E-state index contributed by atoms with van der Waals surface area (Å²) in [5.41, 5.74) is 1.28. The van der Waals surface area contributed by atoms with Crippen molar-refractivity contribution in [2.45, 2.75) is 37.6 Å². The number of nitrogens with one attached hydrogen (secondary N) is 1. The maximum Gasteiger partial charge on any atom is 0.249 e. The van der Waals surface area contributed by atoms with Crippen LogP contribution in [0.1, 0.15) is 17.8 Å². The quantitative estimate of drug-likeness (QED) is 0.694. The fourth-order valence-corrected chi connectivity index (χ4v) is 5.20. The zero-order chi connectivity index (χ0) is 19.1. The Morgan fingerprint density at radius 1 is 1.41 bits per heavy atom. The van der Waals surface area contributed by atoms with Gasteiger partial charge in [-0.05, 0) is 6.92 Å². The van der Waals surface area contributed by atoms with Gasteiger partial charge in [-0.3, -0.25) is 19.7 Å². The van der Waals surface area contributed by atoms with Crippen LogP contribution in [0.15, 0.2) is 12.4 Å². The normalized spacial score (nSPS) is 30.9. The molecule has 3 aliphatic rings. The van der Waals surface area contributed by atoms with E-state index in [9.17, 15) is 13.2 Å². The van der Waals surface area contributed by atoms with Crippen molar-refractivity contribution in [3.8, 4) is 0 Å². The van der Waals surface area contributed by atoms with Gasteiger partial charge in [-0.1, -0.05) is 0 Å². The summed E-state index contributed by atoms with van der Waals surface area (Å²) in [4.78, 5) is 23.3. The van der Waals surface area contributed by atoms with Gasteiger partial charge >= 0.3 is 0 Å². The van der Waals surface area contributed by atoms with Crippen LogP contribution in [0, 0.1) is 6.92 Å². The molecule has 4 rings (SSSR count). The minimum atomic E-state index is -2.96. The highest BCUT2D eigenvalue weighted by Gasteiger charge is 2.47. The molecule has 0 aromatic carbocycles. The van der Waals surface area contributed by atoms with Gasteiger partial charge in [-0.25, -0.2) is 8.42 Å². The van der Waals surface area contributed by atoms with Crippen molar-refractivity contribution in [3.63, 3.8) is 0 Å². The number of carbonyl (C=O) groups is 1. The van der Waals surface area contributed by atoms with E-state index in [1.54, 1.807) is 12.4 Å². The van der Waals surface area contributed by atoms with Crippen LogP contribution < -0.4 is 5.32 Å². The summed E-state index contributed by atoms with van der Waals surface area (Å²) in [6.07, 6.45) is 3.36. The van der Waals surface area contributed by atoms with Crippen molar-refractivity contribution >= 4 is 15.7 Å². The maximum atomic E-state index is 12.4. The summed E-state index contributed by atoms with van der Waals surface area (Å²) < 4.78 is 34.2. The van der Waals surface area contributed by atoms with Crippen molar-refractivity contribution in [2.24, 2.45) is 0 Å². The van der Waals surface area contributed by atoms with E-state index in [1.807, 2.05) is 6.92 Å². The van der Waals surface area contributed by atoms with Gasteiger partial charge in [0.2, 0.25) is 5.91 Å². The van der Waals surface area contributed by atoms with E-state index in [0.717, 1.165) is 17.9 Å². The van der Waals surface area contributed by atoms with Crippen LogP contribution >= 0.6 is 0 Å². The Labute approximate surface area is 158 Å². The summed E-state index contributed by atoms with van der Waals surface area (Å²) in [5.74, 6) is -0.228. The molecule has 1 N–H and O–H groups in total. The third kappa shape index (κ3) is 4.29. The fraction of sp³-hybridized carbons (Fsp3) is 0.706. The van der Waals surface area contributed by atoms with E-state index in [-0.39, 0.29) is 23.5 Å². The number of sulfone groups is 1. The number of amides is 1. The number of carbonyl (C=O) groups excluding carboxylic acids is 1. The van der Waals surface area contributed by atoms with Crippen molar-refractivity contribution in [1.82, 2.24) is 20.2 Å². The largest absolute Gasteiger partial charge is 0.370 e. The minimum Gasteiger partial charge on any atom is -0.370 e. The van der Waals surface area contributed by atoms with Crippen LogP contribution in [0.5, 0.6) is 0 Å². The van der Waals surface area contributed by atoms with Gasteiger partial charge in [-0.15, -0.1) is 0 Å². The van der Waals surface area contributed by atoms with Crippen LogP contribution in [0.2, 0.25) is 0 Å². The number of aromatic nitrogens is 2. The average molecular weight is 396 g/mol. The standard InChI is InChI=1S/C17H24N4O5S/c1-12-5-18-6-13(19-12)7-21-2-3-26-17(10-21)4-15(25-11-17)16(22)20-14-8-27(23,24)9-14/h5-6,14-15H,2-4,7-11H2,1H3,(H,20,22)/t15-,17-/m0/s1. The monoisotopic (exact) mass is 396 g/mol. The van der Waals surface area contributed by atoms with Gasteiger partial charge in [0.25, 0.3) is 0 Å². The van der Waals surface area contributed by atoms with E-state index in [2.05, 4.69) is 20.2 Å². The van der Waals surface area contributed by atoms with Gasteiger partial charge in [0, 0.05) is 38.4 Å². The smallest absolute Gasteiger partial charge is 0.249 e. The molecule has 27 heavy (non-hydrogen) atoms. The van der Waals surface area contributed by atoms with Gasteiger partial charge < -0.3 is 14.8 Å². The molecule has 1 spiro atoms. The Bertz CT molecular complexity index is 820.